The average Bonchev–Trinajstić information content (AvgIpc) is 2.76. The molecule has 0 aliphatic rings. The number of non-ortho nitro benzene ring substituents is 1. The highest BCUT2D eigenvalue weighted by Gasteiger charge is 2.11. The van der Waals surface area contributed by atoms with Crippen molar-refractivity contribution in [1.82, 2.24) is 4.98 Å². The lowest BCUT2D eigenvalue weighted by molar-refractivity contribution is -0.384. The Morgan fingerprint density at radius 1 is 1.50 bits per heavy atom. The van der Waals surface area contributed by atoms with Gasteiger partial charge in [0.1, 0.15) is 5.01 Å². The maximum Gasteiger partial charge on any atom is 0.271 e. The van der Waals surface area contributed by atoms with Gasteiger partial charge in [0.05, 0.1) is 11.0 Å². The Kier molecular flexibility index (Phi) is 3.57. The van der Waals surface area contributed by atoms with Gasteiger partial charge in [-0.15, -0.1) is 11.3 Å². The molecule has 2 aromatic rings. The summed E-state index contributed by atoms with van der Waals surface area (Å²) < 4.78 is 0. The van der Waals surface area contributed by atoms with Crippen LogP contribution >= 0.6 is 11.3 Å². The number of thiazole rings is 1. The molecule has 0 saturated heterocycles. The van der Waals surface area contributed by atoms with Gasteiger partial charge in [-0.3, -0.25) is 10.1 Å². The fraction of sp³-hybridized carbons (Fsp3) is 0.250. The smallest absolute Gasteiger partial charge is 0.271 e. The molecule has 0 spiro atoms. The molecule has 2 rings (SSSR count). The van der Waals surface area contributed by atoms with Gasteiger partial charge in [0, 0.05) is 28.9 Å². The molecule has 0 aliphatic carbocycles. The largest absolute Gasteiger partial charge is 0.376 e. The van der Waals surface area contributed by atoms with Gasteiger partial charge in [-0.1, -0.05) is 6.07 Å². The van der Waals surface area contributed by atoms with Crippen LogP contribution in [-0.2, 0) is 0 Å². The van der Waals surface area contributed by atoms with Gasteiger partial charge in [-0.05, 0) is 19.9 Å². The molecular weight excluding hydrogens is 250 g/mol. The molecule has 94 valence electrons. The summed E-state index contributed by atoms with van der Waals surface area (Å²) in [6, 6.07) is 6.51. The van der Waals surface area contributed by atoms with Gasteiger partial charge < -0.3 is 5.32 Å². The first kappa shape index (κ1) is 12.5. The summed E-state index contributed by atoms with van der Waals surface area (Å²) in [5, 5.41) is 16.8. The van der Waals surface area contributed by atoms with E-state index < -0.39 is 4.92 Å². The zero-order valence-corrected chi connectivity index (χ0v) is 10.9. The van der Waals surface area contributed by atoms with Crippen molar-refractivity contribution in [3.8, 4) is 0 Å². The molecule has 1 unspecified atom stereocenters. The van der Waals surface area contributed by atoms with E-state index in [1.54, 1.807) is 17.4 Å². The van der Waals surface area contributed by atoms with Crippen molar-refractivity contribution in [1.29, 1.82) is 0 Å². The number of aromatic nitrogens is 1. The van der Waals surface area contributed by atoms with Crippen molar-refractivity contribution < 1.29 is 4.92 Å². The molecule has 0 aliphatic heterocycles. The number of nitrogens with one attached hydrogen (secondary N) is 1. The summed E-state index contributed by atoms with van der Waals surface area (Å²) in [5.41, 5.74) is 1.80. The van der Waals surface area contributed by atoms with Crippen LogP contribution in [0, 0.1) is 17.0 Å². The zero-order chi connectivity index (χ0) is 13.1. The van der Waals surface area contributed by atoms with Gasteiger partial charge in [0.25, 0.3) is 5.69 Å². The Bertz CT molecular complexity index is 568. The van der Waals surface area contributed by atoms with Crippen LogP contribution in [0.5, 0.6) is 0 Å². The quantitative estimate of drug-likeness (QED) is 0.676. The number of nitrogens with zero attached hydrogens (tertiary/aromatic N) is 2. The van der Waals surface area contributed by atoms with Crippen molar-refractivity contribution in [2.75, 3.05) is 5.32 Å². The average molecular weight is 263 g/mol. The lowest BCUT2D eigenvalue weighted by Crippen LogP contribution is -2.06. The van der Waals surface area contributed by atoms with E-state index in [1.807, 2.05) is 25.3 Å². The highest BCUT2D eigenvalue weighted by atomic mass is 32.1. The molecule has 18 heavy (non-hydrogen) atoms. The summed E-state index contributed by atoms with van der Waals surface area (Å²) in [7, 11) is 0. The van der Waals surface area contributed by atoms with E-state index in [9.17, 15) is 10.1 Å². The second kappa shape index (κ2) is 5.14. The number of benzene rings is 1. The van der Waals surface area contributed by atoms with Gasteiger partial charge in [-0.2, -0.15) is 0 Å². The van der Waals surface area contributed by atoms with Crippen molar-refractivity contribution in [2.24, 2.45) is 0 Å². The van der Waals surface area contributed by atoms with Crippen molar-refractivity contribution in [2.45, 2.75) is 19.9 Å². The fourth-order valence-electron chi connectivity index (χ4n) is 1.59. The lowest BCUT2D eigenvalue weighted by atomic mass is 10.2. The van der Waals surface area contributed by atoms with E-state index in [2.05, 4.69) is 10.3 Å². The first-order valence-electron chi connectivity index (χ1n) is 5.49. The Labute approximate surface area is 109 Å². The van der Waals surface area contributed by atoms with E-state index in [4.69, 9.17) is 0 Å². The third-order valence-electron chi connectivity index (χ3n) is 2.45. The Hall–Kier alpha value is -1.95. The first-order chi connectivity index (χ1) is 8.56. The van der Waals surface area contributed by atoms with Crippen LogP contribution in [0.1, 0.15) is 23.7 Å². The van der Waals surface area contributed by atoms with Crippen LogP contribution in [0.4, 0.5) is 11.4 Å². The minimum Gasteiger partial charge on any atom is -0.376 e. The highest BCUT2D eigenvalue weighted by Crippen LogP contribution is 2.24. The molecule has 0 amide bonds. The van der Waals surface area contributed by atoms with Crippen molar-refractivity contribution in [3.63, 3.8) is 0 Å². The van der Waals surface area contributed by atoms with Crippen LogP contribution in [0.3, 0.4) is 0 Å². The van der Waals surface area contributed by atoms with Crippen LogP contribution in [-0.4, -0.2) is 9.91 Å². The first-order valence-corrected chi connectivity index (χ1v) is 6.37. The van der Waals surface area contributed by atoms with Gasteiger partial charge in [-0.25, -0.2) is 4.98 Å². The zero-order valence-electron chi connectivity index (χ0n) is 10.1. The summed E-state index contributed by atoms with van der Waals surface area (Å²) in [4.78, 5) is 14.7. The highest BCUT2D eigenvalue weighted by molar-refractivity contribution is 7.09. The number of rotatable bonds is 4. The standard InChI is InChI=1S/C12H13N3O2S/c1-8-7-18-12(13-8)9(2)14-10-4-3-5-11(6-10)15(16)17/h3-7,9,14H,1-2H3. The molecular formula is C12H13N3O2S. The maximum atomic E-state index is 10.7. The topological polar surface area (TPSA) is 68.1 Å². The van der Waals surface area contributed by atoms with E-state index in [1.165, 1.54) is 12.1 Å². The van der Waals surface area contributed by atoms with Crippen molar-refractivity contribution in [3.05, 3.63) is 50.5 Å². The summed E-state index contributed by atoms with van der Waals surface area (Å²) in [6.45, 7) is 3.93. The third kappa shape index (κ3) is 2.84. The Balaban J connectivity index is 2.14. The van der Waals surface area contributed by atoms with E-state index in [-0.39, 0.29) is 11.7 Å². The molecule has 0 fully saturated rings. The molecule has 6 heteroatoms. The molecule has 1 aromatic heterocycles. The SMILES string of the molecule is Cc1csc(C(C)Nc2cccc([N+](=O)[O-])c2)n1. The predicted octanol–water partition coefficient (Wildman–Crippen LogP) is 3.53. The molecule has 0 saturated carbocycles. The number of hydrogen-bond acceptors (Lipinski definition) is 5. The lowest BCUT2D eigenvalue weighted by Gasteiger charge is -2.12. The molecule has 0 bridgehead atoms. The monoisotopic (exact) mass is 263 g/mol. The van der Waals surface area contributed by atoms with Crippen LogP contribution in [0.2, 0.25) is 0 Å². The second-order valence-electron chi connectivity index (χ2n) is 4.00. The Morgan fingerprint density at radius 2 is 2.28 bits per heavy atom. The van der Waals surface area contributed by atoms with Crippen LogP contribution < -0.4 is 5.32 Å². The number of nitro benzene ring substituents is 1. The molecule has 5 nitrogen and oxygen atoms in total. The number of nitro groups is 1. The number of hydrogen-bond donors (Lipinski definition) is 1. The number of aryl methyl sites for hydroxylation is 1. The normalized spacial score (nSPS) is 12.1. The Morgan fingerprint density at radius 3 is 2.89 bits per heavy atom. The van der Waals surface area contributed by atoms with Crippen LogP contribution in [0.15, 0.2) is 29.6 Å². The van der Waals surface area contributed by atoms with Gasteiger partial charge in [0.2, 0.25) is 0 Å². The molecule has 1 atom stereocenters. The summed E-state index contributed by atoms with van der Waals surface area (Å²) >= 11 is 1.58. The maximum absolute atomic E-state index is 10.7. The summed E-state index contributed by atoms with van der Waals surface area (Å²) in [5.74, 6) is 0. The second-order valence-corrected chi connectivity index (χ2v) is 4.89. The van der Waals surface area contributed by atoms with Gasteiger partial charge >= 0.3 is 0 Å². The van der Waals surface area contributed by atoms with E-state index in [0.29, 0.717) is 0 Å². The van der Waals surface area contributed by atoms with Gasteiger partial charge in [0.15, 0.2) is 0 Å². The van der Waals surface area contributed by atoms with Crippen molar-refractivity contribution >= 4 is 22.7 Å². The van der Waals surface area contributed by atoms with Crippen LogP contribution in [0.25, 0.3) is 0 Å². The fourth-order valence-corrected chi connectivity index (χ4v) is 2.40. The molecule has 1 heterocycles. The molecule has 1 N–H and O–H groups in total. The third-order valence-corrected chi connectivity index (χ3v) is 3.59. The molecule has 0 radical (unpaired) electrons. The number of anilines is 1. The molecule has 1 aromatic carbocycles. The van der Waals surface area contributed by atoms with E-state index >= 15 is 0 Å². The van der Waals surface area contributed by atoms with E-state index in [0.717, 1.165) is 16.4 Å². The predicted molar refractivity (Wildman–Crippen MR) is 72.0 cm³/mol. The summed E-state index contributed by atoms with van der Waals surface area (Å²) in [6.07, 6.45) is 0. The minimum atomic E-state index is -0.399. The minimum absolute atomic E-state index is 0.0331.